The second-order valence-electron chi connectivity index (χ2n) is 3.08. The smallest absolute Gasteiger partial charge is 0.159 e. The van der Waals surface area contributed by atoms with Gasteiger partial charge >= 0.3 is 0 Å². The molecule has 0 heterocycles. The molecule has 2 rings (SSSR count). The predicted octanol–water partition coefficient (Wildman–Crippen LogP) is 2.46. The van der Waals surface area contributed by atoms with Crippen molar-refractivity contribution in [2.45, 2.75) is 13.3 Å². The number of benzene rings is 1. The van der Waals surface area contributed by atoms with Gasteiger partial charge in [-0.1, -0.05) is 24.3 Å². The normalized spacial score (nSPS) is 13.1. The Morgan fingerprint density at radius 1 is 1.42 bits per heavy atom. The number of allylic oxidation sites excluding steroid dienone is 1. The minimum atomic E-state index is 0.137. The lowest BCUT2D eigenvalue weighted by atomic mass is 10.0. The van der Waals surface area contributed by atoms with E-state index in [-0.39, 0.29) is 5.78 Å². The monoisotopic (exact) mass is 158 g/mol. The van der Waals surface area contributed by atoms with Gasteiger partial charge < -0.3 is 0 Å². The molecule has 0 N–H and O–H groups in total. The van der Waals surface area contributed by atoms with Gasteiger partial charge in [0.1, 0.15) is 0 Å². The second-order valence-corrected chi connectivity index (χ2v) is 3.08. The quantitative estimate of drug-likeness (QED) is 0.574. The maximum Gasteiger partial charge on any atom is 0.159 e. The molecule has 1 aromatic carbocycles. The van der Waals surface area contributed by atoms with Crippen LogP contribution in [0.5, 0.6) is 0 Å². The molecule has 1 aliphatic rings. The number of rotatable bonds is 1. The predicted molar refractivity (Wildman–Crippen MR) is 49.2 cm³/mol. The molecule has 0 saturated carbocycles. The number of ketones is 1. The Bertz CT molecular complexity index is 361. The highest BCUT2D eigenvalue weighted by atomic mass is 16.1. The van der Waals surface area contributed by atoms with Crippen molar-refractivity contribution in [1.82, 2.24) is 0 Å². The van der Waals surface area contributed by atoms with Gasteiger partial charge in [0.05, 0.1) is 0 Å². The molecule has 0 radical (unpaired) electrons. The Kier molecular flexibility index (Phi) is 1.58. The van der Waals surface area contributed by atoms with E-state index in [9.17, 15) is 4.79 Å². The van der Waals surface area contributed by atoms with Crippen molar-refractivity contribution in [1.29, 1.82) is 0 Å². The largest absolute Gasteiger partial charge is 0.295 e. The summed E-state index contributed by atoms with van der Waals surface area (Å²) in [6.45, 7) is 1.60. The maximum absolute atomic E-state index is 11.0. The molecule has 0 amide bonds. The van der Waals surface area contributed by atoms with Gasteiger partial charge in [-0.05, 0) is 30.5 Å². The Morgan fingerprint density at radius 3 is 3.00 bits per heavy atom. The lowest BCUT2D eigenvalue weighted by Crippen LogP contribution is -1.93. The van der Waals surface area contributed by atoms with E-state index in [0.717, 1.165) is 12.0 Å². The molecular formula is C11H10O. The van der Waals surface area contributed by atoms with Crippen molar-refractivity contribution >= 4 is 11.9 Å². The number of fused-ring (bicyclic) bond motifs is 1. The van der Waals surface area contributed by atoms with Crippen LogP contribution in [-0.2, 0) is 6.42 Å². The third kappa shape index (κ3) is 1.07. The zero-order chi connectivity index (χ0) is 8.55. The van der Waals surface area contributed by atoms with E-state index in [4.69, 9.17) is 0 Å². The summed E-state index contributed by atoms with van der Waals surface area (Å²) in [5, 5.41) is 0. The van der Waals surface area contributed by atoms with Crippen LogP contribution in [0.4, 0.5) is 0 Å². The molecule has 0 spiro atoms. The minimum absolute atomic E-state index is 0.137. The molecule has 0 saturated heterocycles. The summed E-state index contributed by atoms with van der Waals surface area (Å²) in [4.78, 5) is 11.0. The zero-order valence-electron chi connectivity index (χ0n) is 7.00. The summed E-state index contributed by atoms with van der Waals surface area (Å²) in [6, 6.07) is 5.89. The topological polar surface area (TPSA) is 17.1 Å². The second kappa shape index (κ2) is 2.59. The average molecular weight is 158 g/mol. The number of hydrogen-bond donors (Lipinski definition) is 0. The summed E-state index contributed by atoms with van der Waals surface area (Å²) < 4.78 is 0. The Labute approximate surface area is 71.7 Å². The van der Waals surface area contributed by atoms with Gasteiger partial charge in [0.15, 0.2) is 5.78 Å². The number of Topliss-reactive ketones (excluding diaryl/α,β-unsaturated/α-hetero) is 1. The van der Waals surface area contributed by atoms with Crippen LogP contribution >= 0.6 is 0 Å². The molecule has 0 fully saturated rings. The van der Waals surface area contributed by atoms with Gasteiger partial charge in [-0.15, -0.1) is 0 Å². The molecule has 0 aliphatic heterocycles. The standard InChI is InChI=1S/C11H10O/c1-8(12)10-6-5-9-3-2-4-11(9)7-10/h2,4-7H,3H2,1H3. The van der Waals surface area contributed by atoms with E-state index in [1.165, 1.54) is 11.1 Å². The Hall–Kier alpha value is -1.37. The molecule has 0 aromatic heterocycles. The third-order valence-corrected chi connectivity index (χ3v) is 2.19. The van der Waals surface area contributed by atoms with Crippen molar-refractivity contribution in [3.8, 4) is 0 Å². The van der Waals surface area contributed by atoms with Crippen molar-refractivity contribution < 1.29 is 4.79 Å². The number of hydrogen-bond acceptors (Lipinski definition) is 1. The molecule has 0 unspecified atom stereocenters. The van der Waals surface area contributed by atoms with Crippen molar-refractivity contribution in [3.05, 3.63) is 41.0 Å². The average Bonchev–Trinajstić information content (AvgIpc) is 2.49. The molecular weight excluding hydrogens is 148 g/mol. The van der Waals surface area contributed by atoms with Crippen molar-refractivity contribution in [2.75, 3.05) is 0 Å². The fraction of sp³-hybridized carbons (Fsp3) is 0.182. The SMILES string of the molecule is CC(=O)c1ccc2c(c1)C=CC2. The highest BCUT2D eigenvalue weighted by molar-refractivity contribution is 5.94. The highest BCUT2D eigenvalue weighted by Gasteiger charge is 2.06. The van der Waals surface area contributed by atoms with E-state index >= 15 is 0 Å². The lowest BCUT2D eigenvalue weighted by molar-refractivity contribution is 0.101. The van der Waals surface area contributed by atoms with E-state index in [0.29, 0.717) is 0 Å². The molecule has 1 aromatic rings. The molecule has 1 heteroatoms. The van der Waals surface area contributed by atoms with Crippen LogP contribution in [0, 0.1) is 0 Å². The summed E-state index contributed by atoms with van der Waals surface area (Å²) in [6.07, 6.45) is 5.20. The van der Waals surface area contributed by atoms with E-state index in [1.807, 2.05) is 18.2 Å². The summed E-state index contributed by atoms with van der Waals surface area (Å²) in [5.41, 5.74) is 3.32. The van der Waals surface area contributed by atoms with Gasteiger partial charge in [-0.25, -0.2) is 0 Å². The van der Waals surface area contributed by atoms with Gasteiger partial charge in [0.2, 0.25) is 0 Å². The Balaban J connectivity index is 2.51. The summed E-state index contributed by atoms with van der Waals surface area (Å²) in [7, 11) is 0. The van der Waals surface area contributed by atoms with Gasteiger partial charge in [0, 0.05) is 5.56 Å². The molecule has 0 bridgehead atoms. The van der Waals surface area contributed by atoms with Crippen molar-refractivity contribution in [3.63, 3.8) is 0 Å². The van der Waals surface area contributed by atoms with E-state index in [2.05, 4.69) is 12.2 Å². The molecule has 1 aliphatic carbocycles. The molecule has 12 heavy (non-hydrogen) atoms. The Morgan fingerprint density at radius 2 is 2.25 bits per heavy atom. The van der Waals surface area contributed by atoms with Crippen LogP contribution in [0.15, 0.2) is 24.3 Å². The van der Waals surface area contributed by atoms with Crippen LogP contribution in [0.3, 0.4) is 0 Å². The highest BCUT2D eigenvalue weighted by Crippen LogP contribution is 2.20. The fourth-order valence-electron chi connectivity index (χ4n) is 1.47. The lowest BCUT2D eigenvalue weighted by Gasteiger charge is -2.00. The fourth-order valence-corrected chi connectivity index (χ4v) is 1.47. The van der Waals surface area contributed by atoms with Crippen LogP contribution in [-0.4, -0.2) is 5.78 Å². The maximum atomic E-state index is 11.0. The first-order valence-corrected chi connectivity index (χ1v) is 4.08. The van der Waals surface area contributed by atoms with Crippen LogP contribution in [0.2, 0.25) is 0 Å². The third-order valence-electron chi connectivity index (χ3n) is 2.19. The van der Waals surface area contributed by atoms with Crippen molar-refractivity contribution in [2.24, 2.45) is 0 Å². The number of carbonyl (C=O) groups is 1. The first-order valence-electron chi connectivity index (χ1n) is 4.08. The van der Waals surface area contributed by atoms with Crippen LogP contribution in [0.25, 0.3) is 6.08 Å². The molecule has 1 nitrogen and oxygen atoms in total. The van der Waals surface area contributed by atoms with E-state index in [1.54, 1.807) is 6.92 Å². The summed E-state index contributed by atoms with van der Waals surface area (Å²) in [5.74, 6) is 0.137. The van der Waals surface area contributed by atoms with Gasteiger partial charge in [-0.3, -0.25) is 4.79 Å². The molecule has 0 atom stereocenters. The van der Waals surface area contributed by atoms with Gasteiger partial charge in [-0.2, -0.15) is 0 Å². The van der Waals surface area contributed by atoms with Gasteiger partial charge in [0.25, 0.3) is 0 Å². The van der Waals surface area contributed by atoms with Crippen LogP contribution in [0.1, 0.15) is 28.4 Å². The first-order chi connectivity index (χ1) is 5.77. The number of carbonyl (C=O) groups excluding carboxylic acids is 1. The minimum Gasteiger partial charge on any atom is -0.295 e. The van der Waals surface area contributed by atoms with E-state index < -0.39 is 0 Å². The first kappa shape index (κ1) is 7.29. The summed E-state index contributed by atoms with van der Waals surface area (Å²) >= 11 is 0. The zero-order valence-corrected chi connectivity index (χ0v) is 7.00. The van der Waals surface area contributed by atoms with Crippen LogP contribution < -0.4 is 0 Å². The molecule has 60 valence electrons.